The van der Waals surface area contributed by atoms with Crippen LogP contribution >= 0.6 is 0 Å². The Balaban J connectivity index is 3.06. The lowest BCUT2D eigenvalue weighted by atomic mass is 10.2. The zero-order chi connectivity index (χ0) is 11.4. The fraction of sp³-hybridized carbons (Fsp3) is 0.222. The Morgan fingerprint density at radius 1 is 1.60 bits per heavy atom. The smallest absolute Gasteiger partial charge is 0.296 e. The highest BCUT2D eigenvalue weighted by atomic mass is 16.6. The number of phenolic OH excluding ortho intramolecular Hbond substituents is 1. The lowest BCUT2D eigenvalue weighted by Crippen LogP contribution is -2.10. The third-order valence-electron chi connectivity index (χ3n) is 1.77. The molecule has 1 rings (SSSR count). The van der Waals surface area contributed by atoms with Crippen LogP contribution in [0.4, 0.5) is 11.4 Å². The van der Waals surface area contributed by atoms with Gasteiger partial charge in [-0.05, 0) is 12.1 Å². The van der Waals surface area contributed by atoms with Crippen molar-refractivity contribution in [3.05, 3.63) is 28.3 Å². The highest BCUT2D eigenvalue weighted by Crippen LogP contribution is 2.28. The summed E-state index contributed by atoms with van der Waals surface area (Å²) in [7, 11) is 0. The van der Waals surface area contributed by atoms with E-state index in [4.69, 9.17) is 5.11 Å². The molecule has 0 atom stereocenters. The van der Waals surface area contributed by atoms with Crippen molar-refractivity contribution in [1.29, 1.82) is 0 Å². The minimum atomic E-state index is -0.662. The maximum absolute atomic E-state index is 11.0. The highest BCUT2D eigenvalue weighted by Gasteiger charge is 2.15. The van der Waals surface area contributed by atoms with Gasteiger partial charge in [-0.3, -0.25) is 14.9 Å². The van der Waals surface area contributed by atoms with Gasteiger partial charge in [0.15, 0.2) is 0 Å². The molecule has 0 unspecified atom stereocenters. The molecule has 0 aliphatic carbocycles. The van der Waals surface area contributed by atoms with Gasteiger partial charge in [-0.2, -0.15) is 0 Å². The Kier molecular flexibility index (Phi) is 3.22. The zero-order valence-electron chi connectivity index (χ0n) is 8.06. The van der Waals surface area contributed by atoms with Crippen molar-refractivity contribution < 1.29 is 14.8 Å². The molecule has 0 aliphatic heterocycles. The predicted molar refractivity (Wildman–Crippen MR) is 53.7 cm³/mol. The molecule has 1 aromatic carbocycles. The highest BCUT2D eigenvalue weighted by molar-refractivity contribution is 5.93. The van der Waals surface area contributed by atoms with Gasteiger partial charge in [0.25, 0.3) is 5.69 Å². The van der Waals surface area contributed by atoms with Gasteiger partial charge in [-0.15, -0.1) is 0 Å². The fourth-order valence-electron chi connectivity index (χ4n) is 1.02. The maximum atomic E-state index is 11.0. The molecule has 0 radical (unpaired) electrons. The number of phenols is 1. The Morgan fingerprint density at radius 2 is 2.27 bits per heavy atom. The van der Waals surface area contributed by atoms with Crippen molar-refractivity contribution in [3.8, 4) is 5.75 Å². The molecular weight excluding hydrogens is 200 g/mol. The lowest BCUT2D eigenvalue weighted by molar-refractivity contribution is -0.384. The normalized spacial score (nSPS) is 9.67. The van der Waals surface area contributed by atoms with Crippen LogP contribution in [0.3, 0.4) is 0 Å². The van der Waals surface area contributed by atoms with Crippen LogP contribution < -0.4 is 5.32 Å². The molecule has 6 heteroatoms. The lowest BCUT2D eigenvalue weighted by Gasteiger charge is -2.04. The molecule has 0 saturated carbocycles. The second-order valence-corrected chi connectivity index (χ2v) is 2.86. The minimum Gasteiger partial charge on any atom is -0.508 e. The third-order valence-corrected chi connectivity index (χ3v) is 1.77. The van der Waals surface area contributed by atoms with Crippen molar-refractivity contribution in [1.82, 2.24) is 0 Å². The molecule has 0 bridgehead atoms. The molecule has 6 nitrogen and oxygen atoms in total. The molecule has 2 N–H and O–H groups in total. The Hall–Kier alpha value is -2.11. The van der Waals surface area contributed by atoms with Crippen LogP contribution in [0.2, 0.25) is 0 Å². The molecule has 0 saturated heterocycles. The van der Waals surface area contributed by atoms with E-state index in [0.717, 1.165) is 6.07 Å². The molecule has 15 heavy (non-hydrogen) atoms. The van der Waals surface area contributed by atoms with E-state index in [0.29, 0.717) is 0 Å². The van der Waals surface area contributed by atoms with E-state index in [-0.39, 0.29) is 29.5 Å². The summed E-state index contributed by atoms with van der Waals surface area (Å²) in [6.07, 6.45) is 0.234. The number of nitro groups is 1. The van der Waals surface area contributed by atoms with Gasteiger partial charge in [0.2, 0.25) is 5.91 Å². The molecule has 1 amide bonds. The SMILES string of the molecule is CCC(=O)Nc1ccc(O)cc1[N+](=O)[O-]. The maximum Gasteiger partial charge on any atom is 0.296 e. The summed E-state index contributed by atoms with van der Waals surface area (Å²) in [4.78, 5) is 21.0. The van der Waals surface area contributed by atoms with Crippen molar-refractivity contribution in [3.63, 3.8) is 0 Å². The topological polar surface area (TPSA) is 92.5 Å². The average molecular weight is 210 g/mol. The van der Waals surface area contributed by atoms with E-state index in [1.165, 1.54) is 12.1 Å². The number of nitrogens with zero attached hydrogens (tertiary/aromatic N) is 1. The number of nitro benzene ring substituents is 1. The average Bonchev–Trinajstić information content (AvgIpc) is 2.20. The number of hydrogen-bond acceptors (Lipinski definition) is 4. The number of amides is 1. The van der Waals surface area contributed by atoms with Gasteiger partial charge < -0.3 is 10.4 Å². The summed E-state index contributed by atoms with van der Waals surface area (Å²) in [5, 5.41) is 22.0. The summed E-state index contributed by atoms with van der Waals surface area (Å²) in [6, 6.07) is 3.56. The first-order valence-electron chi connectivity index (χ1n) is 4.32. The van der Waals surface area contributed by atoms with E-state index in [1.807, 2.05) is 0 Å². The predicted octanol–water partition coefficient (Wildman–Crippen LogP) is 1.65. The zero-order valence-corrected chi connectivity index (χ0v) is 8.06. The monoisotopic (exact) mass is 210 g/mol. The van der Waals surface area contributed by atoms with E-state index in [2.05, 4.69) is 5.32 Å². The van der Waals surface area contributed by atoms with Gasteiger partial charge >= 0.3 is 0 Å². The van der Waals surface area contributed by atoms with E-state index >= 15 is 0 Å². The standard InChI is InChI=1S/C9H10N2O4/c1-2-9(13)10-7-4-3-6(12)5-8(7)11(14)15/h3-5,12H,2H2,1H3,(H,10,13). The van der Waals surface area contributed by atoms with Crippen LogP contribution in [0.1, 0.15) is 13.3 Å². The quantitative estimate of drug-likeness (QED) is 0.450. The fourth-order valence-corrected chi connectivity index (χ4v) is 1.02. The third kappa shape index (κ3) is 2.67. The van der Waals surface area contributed by atoms with Crippen molar-refractivity contribution >= 4 is 17.3 Å². The molecule has 1 aromatic rings. The Morgan fingerprint density at radius 3 is 2.80 bits per heavy atom. The molecule has 0 aliphatic rings. The Bertz CT molecular complexity index is 403. The number of benzene rings is 1. The number of rotatable bonds is 3. The number of aromatic hydroxyl groups is 1. The van der Waals surface area contributed by atoms with Gasteiger partial charge in [-0.1, -0.05) is 6.92 Å². The number of anilines is 1. The summed E-state index contributed by atoms with van der Waals surface area (Å²) in [6.45, 7) is 1.64. The molecule has 0 spiro atoms. The van der Waals surface area contributed by atoms with Gasteiger partial charge in [0.1, 0.15) is 11.4 Å². The van der Waals surface area contributed by atoms with Crippen molar-refractivity contribution in [2.45, 2.75) is 13.3 Å². The van der Waals surface area contributed by atoms with Crippen molar-refractivity contribution in [2.75, 3.05) is 5.32 Å². The number of nitrogens with one attached hydrogen (secondary N) is 1. The number of carbonyl (C=O) groups is 1. The first kappa shape index (κ1) is 11.0. The molecule has 0 aromatic heterocycles. The second kappa shape index (κ2) is 4.41. The van der Waals surface area contributed by atoms with Gasteiger partial charge in [0.05, 0.1) is 11.0 Å². The number of carbonyl (C=O) groups excluding carboxylic acids is 1. The number of hydrogen-bond donors (Lipinski definition) is 2. The van der Waals surface area contributed by atoms with E-state index in [9.17, 15) is 14.9 Å². The van der Waals surface area contributed by atoms with Gasteiger partial charge in [-0.25, -0.2) is 0 Å². The summed E-state index contributed by atoms with van der Waals surface area (Å²) >= 11 is 0. The first-order valence-corrected chi connectivity index (χ1v) is 4.32. The summed E-state index contributed by atoms with van der Waals surface area (Å²) in [5.74, 6) is -0.528. The van der Waals surface area contributed by atoms with Crippen LogP contribution in [0.25, 0.3) is 0 Å². The molecular formula is C9H10N2O4. The first-order chi connectivity index (χ1) is 7.04. The Labute approximate surface area is 85.7 Å². The van der Waals surface area contributed by atoms with Crippen LogP contribution in [0.5, 0.6) is 5.75 Å². The minimum absolute atomic E-state index is 0.0876. The van der Waals surface area contributed by atoms with E-state index < -0.39 is 4.92 Å². The van der Waals surface area contributed by atoms with Crippen molar-refractivity contribution in [2.24, 2.45) is 0 Å². The summed E-state index contributed by atoms with van der Waals surface area (Å²) in [5.41, 5.74) is -0.235. The largest absolute Gasteiger partial charge is 0.508 e. The molecule has 80 valence electrons. The molecule has 0 fully saturated rings. The van der Waals surface area contributed by atoms with Crippen LogP contribution in [0, 0.1) is 10.1 Å². The van der Waals surface area contributed by atoms with E-state index in [1.54, 1.807) is 6.92 Å². The summed E-state index contributed by atoms with van der Waals surface area (Å²) < 4.78 is 0. The van der Waals surface area contributed by atoms with Gasteiger partial charge in [0, 0.05) is 6.42 Å². The molecule has 0 heterocycles. The van der Waals surface area contributed by atoms with Crippen LogP contribution in [0.15, 0.2) is 18.2 Å². The van der Waals surface area contributed by atoms with Crippen LogP contribution in [-0.4, -0.2) is 15.9 Å². The second-order valence-electron chi connectivity index (χ2n) is 2.86. The van der Waals surface area contributed by atoms with Crippen LogP contribution in [-0.2, 0) is 4.79 Å².